The van der Waals surface area contributed by atoms with E-state index in [4.69, 9.17) is 10.5 Å². The molecule has 0 spiro atoms. The summed E-state index contributed by atoms with van der Waals surface area (Å²) in [7, 11) is 0. The molecule has 1 heterocycles. The van der Waals surface area contributed by atoms with Crippen molar-refractivity contribution < 1.29 is 4.74 Å². The van der Waals surface area contributed by atoms with E-state index in [-0.39, 0.29) is 0 Å². The molecule has 0 amide bonds. The van der Waals surface area contributed by atoms with Gasteiger partial charge in [-0.25, -0.2) is 0 Å². The van der Waals surface area contributed by atoms with Gasteiger partial charge in [0.25, 0.3) is 0 Å². The molecule has 20 heavy (non-hydrogen) atoms. The summed E-state index contributed by atoms with van der Waals surface area (Å²) in [6.45, 7) is 3.23. The predicted octanol–water partition coefficient (Wildman–Crippen LogP) is 3.30. The normalized spacial score (nSPS) is 26.4. The van der Waals surface area contributed by atoms with Gasteiger partial charge in [-0.2, -0.15) is 0 Å². The van der Waals surface area contributed by atoms with Crippen molar-refractivity contribution in [1.82, 2.24) is 4.90 Å². The van der Waals surface area contributed by atoms with Crippen LogP contribution in [0.15, 0.2) is 24.3 Å². The number of hydrogen-bond donors (Lipinski definition) is 1. The number of rotatable bonds is 5. The summed E-state index contributed by atoms with van der Waals surface area (Å²) < 4.78 is 5.78. The minimum absolute atomic E-state index is 0.737. The Kier molecular flexibility index (Phi) is 4.46. The quantitative estimate of drug-likeness (QED) is 0.661. The number of benzene rings is 1. The van der Waals surface area contributed by atoms with Crippen LogP contribution in [0.3, 0.4) is 0 Å². The van der Waals surface area contributed by atoms with E-state index in [9.17, 15) is 0 Å². The molecular weight excluding hydrogens is 248 g/mol. The summed E-state index contributed by atoms with van der Waals surface area (Å²) in [5.74, 6) is 1.80. The van der Waals surface area contributed by atoms with Crippen molar-refractivity contribution >= 4 is 5.69 Å². The van der Waals surface area contributed by atoms with Gasteiger partial charge in [-0.1, -0.05) is 25.0 Å². The van der Waals surface area contributed by atoms with Crippen molar-refractivity contribution in [3.05, 3.63) is 24.3 Å². The first-order chi connectivity index (χ1) is 9.84. The van der Waals surface area contributed by atoms with Gasteiger partial charge in [0.15, 0.2) is 0 Å². The van der Waals surface area contributed by atoms with Gasteiger partial charge in [0, 0.05) is 12.6 Å². The van der Waals surface area contributed by atoms with E-state index in [2.05, 4.69) is 4.90 Å². The molecule has 0 radical (unpaired) electrons. The van der Waals surface area contributed by atoms with Gasteiger partial charge in [0.2, 0.25) is 0 Å². The smallest absolute Gasteiger partial charge is 0.142 e. The maximum atomic E-state index is 5.88. The highest BCUT2D eigenvalue weighted by atomic mass is 16.5. The van der Waals surface area contributed by atoms with Crippen molar-refractivity contribution in [1.29, 1.82) is 0 Å². The Morgan fingerprint density at radius 1 is 1.15 bits per heavy atom. The van der Waals surface area contributed by atoms with Crippen LogP contribution in [0.1, 0.15) is 38.5 Å². The van der Waals surface area contributed by atoms with Gasteiger partial charge in [-0.3, -0.25) is 4.90 Å². The molecule has 1 aromatic carbocycles. The van der Waals surface area contributed by atoms with Crippen LogP contribution in [0.4, 0.5) is 5.69 Å². The average molecular weight is 274 g/mol. The van der Waals surface area contributed by atoms with Gasteiger partial charge < -0.3 is 10.5 Å². The highest BCUT2D eigenvalue weighted by molar-refractivity contribution is 5.51. The molecule has 0 aromatic heterocycles. The fraction of sp³-hybridized carbons (Fsp3) is 0.647. The predicted molar refractivity (Wildman–Crippen MR) is 82.9 cm³/mol. The second-order valence-electron chi connectivity index (χ2n) is 6.18. The second-order valence-corrected chi connectivity index (χ2v) is 6.18. The zero-order chi connectivity index (χ0) is 13.8. The fourth-order valence-corrected chi connectivity index (χ4v) is 3.84. The van der Waals surface area contributed by atoms with E-state index in [1.165, 1.54) is 45.2 Å². The number of anilines is 1. The largest absolute Gasteiger partial charge is 0.491 e. The molecule has 1 saturated carbocycles. The van der Waals surface area contributed by atoms with Crippen LogP contribution in [0.5, 0.6) is 5.75 Å². The molecule has 1 saturated heterocycles. The van der Waals surface area contributed by atoms with E-state index in [0.717, 1.165) is 36.4 Å². The molecule has 1 aliphatic heterocycles. The highest BCUT2D eigenvalue weighted by Crippen LogP contribution is 2.36. The van der Waals surface area contributed by atoms with Crippen LogP contribution in [0, 0.1) is 5.92 Å². The summed E-state index contributed by atoms with van der Waals surface area (Å²) in [6.07, 6.45) is 8.25. The fourth-order valence-electron chi connectivity index (χ4n) is 3.84. The molecule has 2 N–H and O–H groups in total. The van der Waals surface area contributed by atoms with Gasteiger partial charge >= 0.3 is 0 Å². The van der Waals surface area contributed by atoms with Gasteiger partial charge in [0.1, 0.15) is 5.75 Å². The van der Waals surface area contributed by atoms with Crippen molar-refractivity contribution in [3.8, 4) is 5.75 Å². The highest BCUT2D eigenvalue weighted by Gasteiger charge is 2.34. The number of nitrogens with zero attached hydrogens (tertiary/aromatic N) is 1. The van der Waals surface area contributed by atoms with Crippen LogP contribution in [-0.2, 0) is 0 Å². The lowest BCUT2D eigenvalue weighted by molar-refractivity contribution is 0.170. The lowest BCUT2D eigenvalue weighted by Crippen LogP contribution is -2.35. The molecule has 3 heteroatoms. The Labute approximate surface area is 122 Å². The van der Waals surface area contributed by atoms with Gasteiger partial charge in [0.05, 0.1) is 12.3 Å². The molecule has 2 atom stereocenters. The number of para-hydroxylation sites is 2. The number of likely N-dealkylation sites (tertiary alicyclic amines) is 1. The summed E-state index contributed by atoms with van der Waals surface area (Å²) in [5.41, 5.74) is 6.61. The first-order valence-electron chi connectivity index (χ1n) is 8.06. The van der Waals surface area contributed by atoms with Crippen molar-refractivity contribution in [2.45, 2.75) is 44.6 Å². The Morgan fingerprint density at radius 2 is 2.00 bits per heavy atom. The Bertz CT molecular complexity index is 435. The van der Waals surface area contributed by atoms with E-state index >= 15 is 0 Å². The van der Waals surface area contributed by atoms with Crippen LogP contribution in [-0.4, -0.2) is 30.6 Å². The third-order valence-electron chi connectivity index (χ3n) is 4.89. The molecule has 3 rings (SSSR count). The number of hydrogen-bond acceptors (Lipinski definition) is 3. The van der Waals surface area contributed by atoms with Crippen LogP contribution in [0.25, 0.3) is 0 Å². The standard InChI is InChI=1S/C17H26N2O/c18-15-7-2-4-9-17(15)20-13-5-11-19-12-10-14-6-1-3-8-16(14)19/h2,4,7,9,14,16H,1,3,5-6,8,10-13,18H2. The molecule has 1 aliphatic carbocycles. The lowest BCUT2D eigenvalue weighted by atomic mass is 9.85. The van der Waals surface area contributed by atoms with Gasteiger partial charge in [-0.15, -0.1) is 0 Å². The maximum Gasteiger partial charge on any atom is 0.142 e. The molecule has 1 aromatic rings. The molecule has 0 bridgehead atoms. The summed E-state index contributed by atoms with van der Waals surface area (Å²) >= 11 is 0. The Morgan fingerprint density at radius 3 is 2.90 bits per heavy atom. The van der Waals surface area contributed by atoms with E-state index in [1.807, 2.05) is 24.3 Å². The topological polar surface area (TPSA) is 38.5 Å². The molecule has 2 unspecified atom stereocenters. The lowest BCUT2D eigenvalue weighted by Gasteiger charge is -2.31. The van der Waals surface area contributed by atoms with Crippen molar-refractivity contribution in [2.75, 3.05) is 25.4 Å². The first kappa shape index (κ1) is 13.7. The molecule has 2 fully saturated rings. The van der Waals surface area contributed by atoms with E-state index in [1.54, 1.807) is 0 Å². The van der Waals surface area contributed by atoms with Gasteiger partial charge in [-0.05, 0) is 50.3 Å². The monoisotopic (exact) mass is 274 g/mol. The van der Waals surface area contributed by atoms with Crippen LogP contribution >= 0.6 is 0 Å². The minimum atomic E-state index is 0.737. The second kappa shape index (κ2) is 6.49. The van der Waals surface area contributed by atoms with Crippen molar-refractivity contribution in [3.63, 3.8) is 0 Å². The number of nitrogen functional groups attached to an aromatic ring is 1. The number of ether oxygens (including phenoxy) is 1. The summed E-state index contributed by atoms with van der Waals surface area (Å²) in [5, 5.41) is 0. The van der Waals surface area contributed by atoms with Crippen molar-refractivity contribution in [2.24, 2.45) is 5.92 Å². The van der Waals surface area contributed by atoms with E-state index < -0.39 is 0 Å². The maximum absolute atomic E-state index is 5.88. The number of nitrogens with two attached hydrogens (primary N) is 1. The molecule has 2 aliphatic rings. The first-order valence-corrected chi connectivity index (χ1v) is 8.06. The Hall–Kier alpha value is -1.22. The third-order valence-corrected chi connectivity index (χ3v) is 4.89. The minimum Gasteiger partial charge on any atom is -0.491 e. The zero-order valence-electron chi connectivity index (χ0n) is 12.3. The van der Waals surface area contributed by atoms with E-state index in [0.29, 0.717) is 0 Å². The Balaban J connectivity index is 1.41. The molecule has 110 valence electrons. The number of fused-ring (bicyclic) bond motifs is 1. The zero-order valence-corrected chi connectivity index (χ0v) is 12.3. The SMILES string of the molecule is Nc1ccccc1OCCCN1CCC2CCCCC21. The third kappa shape index (κ3) is 3.09. The summed E-state index contributed by atoms with van der Waals surface area (Å²) in [6, 6.07) is 8.62. The summed E-state index contributed by atoms with van der Waals surface area (Å²) in [4.78, 5) is 2.70. The van der Waals surface area contributed by atoms with Crippen LogP contribution < -0.4 is 10.5 Å². The van der Waals surface area contributed by atoms with Crippen LogP contribution in [0.2, 0.25) is 0 Å². The molecule has 3 nitrogen and oxygen atoms in total. The molecular formula is C17H26N2O. The average Bonchev–Trinajstić information content (AvgIpc) is 2.89.